The number of benzene rings is 1. The molecule has 0 aliphatic heterocycles. The van der Waals surface area contributed by atoms with E-state index in [1.807, 2.05) is 14.0 Å². The number of aryl methyl sites for hydroxylation is 1. The highest BCUT2D eigenvalue weighted by Crippen LogP contribution is 2.28. The van der Waals surface area contributed by atoms with Gasteiger partial charge in [-0.15, -0.1) is 0 Å². The summed E-state index contributed by atoms with van der Waals surface area (Å²) in [6, 6.07) is 6.70. The Kier molecular flexibility index (Phi) is 3.13. The van der Waals surface area contributed by atoms with Crippen LogP contribution in [0.15, 0.2) is 29.2 Å². The molecule has 1 aromatic heterocycles. The normalized spacial score (nSPS) is 11.5. The van der Waals surface area contributed by atoms with Crippen LogP contribution < -0.4 is 5.32 Å². The molecule has 0 saturated heterocycles. The number of H-pyrrole nitrogens is 1. The Labute approximate surface area is 106 Å². The summed E-state index contributed by atoms with van der Waals surface area (Å²) in [6.45, 7) is 1.92. The van der Waals surface area contributed by atoms with Crippen LogP contribution in [-0.4, -0.2) is 31.9 Å². The van der Waals surface area contributed by atoms with E-state index in [-0.39, 0.29) is 0 Å². The minimum Gasteiger partial charge on any atom is -0.385 e. The molecule has 0 atom stereocenters. The molecular weight excluding hydrogens is 250 g/mol. The Balaban J connectivity index is 2.47. The number of hydrogen-bond donors (Lipinski definition) is 2. The molecular formula is C12H15N3O2S. The van der Waals surface area contributed by atoms with Crippen molar-refractivity contribution in [2.24, 2.45) is 0 Å². The van der Waals surface area contributed by atoms with Gasteiger partial charge in [-0.25, -0.2) is 8.42 Å². The quantitative estimate of drug-likeness (QED) is 0.887. The first-order chi connectivity index (χ1) is 8.43. The van der Waals surface area contributed by atoms with E-state index >= 15 is 0 Å². The summed E-state index contributed by atoms with van der Waals surface area (Å²) in [5, 5.41) is 10.2. The molecule has 96 valence electrons. The van der Waals surface area contributed by atoms with Gasteiger partial charge >= 0.3 is 0 Å². The fraction of sp³-hybridized carbons (Fsp3) is 0.250. The predicted octanol–water partition coefficient (Wildman–Crippen LogP) is 1.83. The van der Waals surface area contributed by atoms with Gasteiger partial charge in [-0.3, -0.25) is 5.10 Å². The highest BCUT2D eigenvalue weighted by atomic mass is 32.2. The zero-order valence-electron chi connectivity index (χ0n) is 10.5. The Bertz CT molecular complexity index is 657. The number of anilines is 1. The van der Waals surface area contributed by atoms with E-state index in [0.29, 0.717) is 4.90 Å². The zero-order valence-corrected chi connectivity index (χ0v) is 11.3. The summed E-state index contributed by atoms with van der Waals surface area (Å²) < 4.78 is 22.7. The summed E-state index contributed by atoms with van der Waals surface area (Å²) in [4.78, 5) is 0.310. The highest BCUT2D eigenvalue weighted by Gasteiger charge is 2.12. The highest BCUT2D eigenvalue weighted by molar-refractivity contribution is 7.90. The molecule has 0 spiro atoms. The van der Waals surface area contributed by atoms with Crippen molar-refractivity contribution in [3.8, 4) is 11.3 Å². The molecule has 6 heteroatoms. The fourth-order valence-electron chi connectivity index (χ4n) is 1.80. The Morgan fingerprint density at radius 1 is 1.22 bits per heavy atom. The Morgan fingerprint density at radius 3 is 2.33 bits per heavy atom. The minimum atomic E-state index is -3.16. The summed E-state index contributed by atoms with van der Waals surface area (Å²) in [5.74, 6) is 0. The van der Waals surface area contributed by atoms with E-state index in [0.717, 1.165) is 22.6 Å². The molecule has 0 unspecified atom stereocenters. The number of rotatable bonds is 3. The fourth-order valence-corrected chi connectivity index (χ4v) is 2.43. The molecule has 1 heterocycles. The summed E-state index contributed by atoms with van der Waals surface area (Å²) >= 11 is 0. The van der Waals surface area contributed by atoms with Crippen LogP contribution in [0.4, 0.5) is 5.69 Å². The third kappa shape index (κ3) is 2.24. The van der Waals surface area contributed by atoms with E-state index in [1.54, 1.807) is 24.3 Å². The lowest BCUT2D eigenvalue weighted by molar-refractivity contribution is 0.602. The molecule has 0 saturated carbocycles. The van der Waals surface area contributed by atoms with Gasteiger partial charge in [-0.2, -0.15) is 5.10 Å². The van der Waals surface area contributed by atoms with Crippen molar-refractivity contribution in [2.75, 3.05) is 18.6 Å². The summed E-state index contributed by atoms with van der Waals surface area (Å²) in [6.07, 6.45) is 1.19. The molecule has 18 heavy (non-hydrogen) atoms. The van der Waals surface area contributed by atoms with Crippen LogP contribution in [0.25, 0.3) is 11.3 Å². The molecule has 0 radical (unpaired) electrons. The second-order valence-electron chi connectivity index (χ2n) is 4.12. The molecule has 0 bridgehead atoms. The van der Waals surface area contributed by atoms with Crippen LogP contribution in [-0.2, 0) is 9.84 Å². The maximum Gasteiger partial charge on any atom is 0.175 e. The second kappa shape index (κ2) is 4.45. The first-order valence-electron chi connectivity index (χ1n) is 5.46. The zero-order chi connectivity index (χ0) is 13.3. The van der Waals surface area contributed by atoms with Gasteiger partial charge in [0.15, 0.2) is 9.84 Å². The van der Waals surface area contributed by atoms with Crippen molar-refractivity contribution in [3.05, 3.63) is 30.0 Å². The van der Waals surface area contributed by atoms with Crippen LogP contribution >= 0.6 is 0 Å². The van der Waals surface area contributed by atoms with Gasteiger partial charge in [0.05, 0.1) is 16.3 Å². The SMILES string of the molecule is CNc1c(-c2ccc(S(C)(=O)=O)cc2)n[nH]c1C. The van der Waals surface area contributed by atoms with Crippen LogP contribution in [0.2, 0.25) is 0 Å². The Morgan fingerprint density at radius 2 is 1.83 bits per heavy atom. The summed E-state index contributed by atoms with van der Waals surface area (Å²) in [7, 11) is -1.33. The van der Waals surface area contributed by atoms with Gasteiger partial charge in [0.2, 0.25) is 0 Å². The van der Waals surface area contributed by atoms with Gasteiger partial charge in [0.25, 0.3) is 0 Å². The maximum atomic E-state index is 11.4. The molecule has 2 N–H and O–H groups in total. The predicted molar refractivity (Wildman–Crippen MR) is 71.4 cm³/mol. The lowest BCUT2D eigenvalue weighted by Crippen LogP contribution is -1.96. The average molecular weight is 265 g/mol. The molecule has 0 amide bonds. The van der Waals surface area contributed by atoms with E-state index in [4.69, 9.17) is 0 Å². The van der Waals surface area contributed by atoms with E-state index in [2.05, 4.69) is 15.5 Å². The molecule has 2 aromatic rings. The number of aromatic amines is 1. The van der Waals surface area contributed by atoms with Crippen LogP contribution in [0, 0.1) is 6.92 Å². The Hall–Kier alpha value is -1.82. The van der Waals surface area contributed by atoms with Crippen molar-refractivity contribution >= 4 is 15.5 Å². The molecule has 0 fully saturated rings. The van der Waals surface area contributed by atoms with E-state index in [1.165, 1.54) is 6.26 Å². The van der Waals surface area contributed by atoms with Gasteiger partial charge in [-0.05, 0) is 19.1 Å². The number of aromatic nitrogens is 2. The molecule has 0 aliphatic rings. The monoisotopic (exact) mass is 265 g/mol. The third-order valence-electron chi connectivity index (χ3n) is 2.75. The lowest BCUT2D eigenvalue weighted by atomic mass is 10.1. The maximum absolute atomic E-state index is 11.4. The first kappa shape index (κ1) is 12.6. The first-order valence-corrected chi connectivity index (χ1v) is 7.36. The third-order valence-corrected chi connectivity index (χ3v) is 3.88. The van der Waals surface area contributed by atoms with Crippen molar-refractivity contribution in [2.45, 2.75) is 11.8 Å². The van der Waals surface area contributed by atoms with Crippen LogP contribution in [0.3, 0.4) is 0 Å². The van der Waals surface area contributed by atoms with Crippen LogP contribution in [0.5, 0.6) is 0 Å². The van der Waals surface area contributed by atoms with E-state index in [9.17, 15) is 8.42 Å². The molecule has 1 aromatic carbocycles. The van der Waals surface area contributed by atoms with Gasteiger partial charge in [0, 0.05) is 18.9 Å². The lowest BCUT2D eigenvalue weighted by Gasteiger charge is -2.04. The average Bonchev–Trinajstić information content (AvgIpc) is 2.69. The number of nitrogens with zero attached hydrogens (tertiary/aromatic N) is 1. The van der Waals surface area contributed by atoms with Gasteiger partial charge in [-0.1, -0.05) is 12.1 Å². The number of nitrogens with one attached hydrogen (secondary N) is 2. The summed E-state index contributed by atoms with van der Waals surface area (Å²) in [5.41, 5.74) is 3.52. The van der Waals surface area contributed by atoms with Gasteiger partial charge < -0.3 is 5.32 Å². The molecule has 2 rings (SSSR count). The number of sulfone groups is 1. The smallest absolute Gasteiger partial charge is 0.175 e. The van der Waals surface area contributed by atoms with Crippen LogP contribution in [0.1, 0.15) is 5.69 Å². The second-order valence-corrected chi connectivity index (χ2v) is 6.13. The van der Waals surface area contributed by atoms with E-state index < -0.39 is 9.84 Å². The van der Waals surface area contributed by atoms with Crippen molar-refractivity contribution in [1.29, 1.82) is 0 Å². The van der Waals surface area contributed by atoms with Crippen molar-refractivity contribution in [3.63, 3.8) is 0 Å². The minimum absolute atomic E-state index is 0.310. The topological polar surface area (TPSA) is 74.8 Å². The standard InChI is InChI=1S/C12H15N3O2S/c1-8-11(13-2)12(15-14-8)9-4-6-10(7-5-9)18(3,16)17/h4-7,13H,1-3H3,(H,14,15). The number of hydrogen-bond acceptors (Lipinski definition) is 4. The molecule has 5 nitrogen and oxygen atoms in total. The molecule has 0 aliphatic carbocycles. The largest absolute Gasteiger partial charge is 0.385 e. The van der Waals surface area contributed by atoms with Crippen molar-refractivity contribution < 1.29 is 8.42 Å². The van der Waals surface area contributed by atoms with Crippen molar-refractivity contribution in [1.82, 2.24) is 10.2 Å². The van der Waals surface area contributed by atoms with Gasteiger partial charge in [0.1, 0.15) is 5.69 Å².